The minimum absolute atomic E-state index is 0.0792. The fourth-order valence-electron chi connectivity index (χ4n) is 2.36. The highest BCUT2D eigenvalue weighted by Crippen LogP contribution is 2.42. The van der Waals surface area contributed by atoms with Crippen LogP contribution in [0.5, 0.6) is 0 Å². The van der Waals surface area contributed by atoms with E-state index < -0.39 is 18.0 Å². The summed E-state index contributed by atoms with van der Waals surface area (Å²) in [6.45, 7) is 2.37. The average Bonchev–Trinajstić information content (AvgIpc) is 3.19. The first kappa shape index (κ1) is 16.3. The normalized spacial score (nSPS) is 23.0. The van der Waals surface area contributed by atoms with Gasteiger partial charge in [-0.2, -0.15) is 0 Å². The van der Waals surface area contributed by atoms with Crippen molar-refractivity contribution in [3.63, 3.8) is 0 Å². The van der Waals surface area contributed by atoms with Gasteiger partial charge >= 0.3 is 6.16 Å². The maximum Gasteiger partial charge on any atom is 0.533 e. The van der Waals surface area contributed by atoms with E-state index in [0.29, 0.717) is 16.9 Å². The van der Waals surface area contributed by atoms with Gasteiger partial charge in [-0.15, -0.1) is 11.8 Å². The van der Waals surface area contributed by atoms with Gasteiger partial charge in [0, 0.05) is 25.7 Å². The fraction of sp³-hybridized carbons (Fsp3) is 0.688. The van der Waals surface area contributed by atoms with Gasteiger partial charge in [0.15, 0.2) is 0 Å². The average molecular weight is 307 g/mol. The zero-order valence-corrected chi connectivity index (χ0v) is 12.8. The highest BCUT2D eigenvalue weighted by atomic mass is 16.8. The lowest BCUT2D eigenvalue weighted by atomic mass is 10.2. The van der Waals surface area contributed by atoms with E-state index in [9.17, 15) is 14.4 Å². The van der Waals surface area contributed by atoms with E-state index in [1.807, 2.05) is 0 Å². The van der Waals surface area contributed by atoms with Crippen LogP contribution in [0.1, 0.15) is 51.9 Å². The Morgan fingerprint density at radius 2 is 1.86 bits per heavy atom. The second-order valence-corrected chi connectivity index (χ2v) is 5.63. The summed E-state index contributed by atoms with van der Waals surface area (Å²) in [6, 6.07) is 0. The Morgan fingerprint density at radius 3 is 2.55 bits per heavy atom. The summed E-state index contributed by atoms with van der Waals surface area (Å²) < 4.78 is 4.96. The van der Waals surface area contributed by atoms with Crippen LogP contribution in [0.15, 0.2) is 0 Å². The predicted octanol–water partition coefficient (Wildman–Crippen LogP) is 2.42. The number of ether oxygens (including phenoxy) is 1. The van der Waals surface area contributed by atoms with Crippen molar-refractivity contribution >= 4 is 18.0 Å². The van der Waals surface area contributed by atoms with Crippen molar-refractivity contribution in [1.29, 1.82) is 0 Å². The number of hydrogen-bond acceptors (Lipinski definition) is 5. The first-order chi connectivity index (χ1) is 10.6. The lowest BCUT2D eigenvalue weighted by Crippen LogP contribution is -2.32. The zero-order valence-electron chi connectivity index (χ0n) is 12.8. The fourth-order valence-corrected chi connectivity index (χ4v) is 2.36. The van der Waals surface area contributed by atoms with Crippen LogP contribution in [0, 0.1) is 23.7 Å². The number of carbonyl (C=O) groups excluding carboxylic acids is 3. The third kappa shape index (κ3) is 4.76. The summed E-state index contributed by atoms with van der Waals surface area (Å²) in [5, 5.41) is 0.496. The summed E-state index contributed by atoms with van der Waals surface area (Å²) in [5.41, 5.74) is 0. The highest BCUT2D eigenvalue weighted by molar-refractivity contribution is 6.01. The largest absolute Gasteiger partial charge is 0.533 e. The molecule has 2 atom stereocenters. The highest BCUT2D eigenvalue weighted by Gasteiger charge is 2.38. The molecule has 2 aliphatic rings. The van der Waals surface area contributed by atoms with E-state index in [2.05, 4.69) is 23.6 Å². The molecule has 1 aliphatic heterocycles. The lowest BCUT2D eigenvalue weighted by Gasteiger charge is -2.12. The maximum absolute atomic E-state index is 11.4. The van der Waals surface area contributed by atoms with Crippen LogP contribution in [0.3, 0.4) is 0 Å². The molecule has 1 aliphatic carbocycles. The molecule has 2 amide bonds. The molecule has 0 unspecified atom stereocenters. The molecule has 0 spiro atoms. The summed E-state index contributed by atoms with van der Waals surface area (Å²) in [6.07, 6.45) is 4.10. The monoisotopic (exact) mass is 307 g/mol. The smallest absolute Gasteiger partial charge is 0.432 e. The SMILES string of the molecule is CCCC#CCC[C@H]1C[C@H]1COC(=O)ON1C(=O)CCC1=O. The van der Waals surface area contributed by atoms with E-state index >= 15 is 0 Å². The van der Waals surface area contributed by atoms with Gasteiger partial charge < -0.3 is 4.74 Å². The third-order valence-electron chi connectivity index (χ3n) is 3.80. The van der Waals surface area contributed by atoms with Crippen LogP contribution in [0.25, 0.3) is 0 Å². The Balaban J connectivity index is 1.58. The van der Waals surface area contributed by atoms with Gasteiger partial charge in [-0.25, -0.2) is 4.79 Å². The molecule has 22 heavy (non-hydrogen) atoms. The molecule has 6 heteroatoms. The number of rotatable bonds is 6. The lowest BCUT2D eigenvalue weighted by molar-refractivity contribution is -0.177. The minimum atomic E-state index is -0.989. The molecule has 1 saturated carbocycles. The summed E-state index contributed by atoms with van der Waals surface area (Å²) in [7, 11) is 0. The van der Waals surface area contributed by atoms with Crippen LogP contribution in [-0.2, 0) is 19.2 Å². The second kappa shape index (κ2) is 7.83. The standard InChI is InChI=1S/C16H21NO5/c1-2-3-4-5-6-7-12-10-13(12)11-21-16(20)22-17-14(18)8-9-15(17)19/h12-13H,2-3,6-11H2,1H3/t12-,13-/m0/s1. The number of amides is 2. The molecule has 120 valence electrons. The van der Waals surface area contributed by atoms with Gasteiger partial charge in [-0.05, 0) is 31.1 Å². The van der Waals surface area contributed by atoms with Crippen LogP contribution >= 0.6 is 0 Å². The predicted molar refractivity (Wildman–Crippen MR) is 77.0 cm³/mol. The van der Waals surface area contributed by atoms with Crippen LogP contribution in [0.4, 0.5) is 4.79 Å². The molecule has 0 aromatic heterocycles. The van der Waals surface area contributed by atoms with Crippen molar-refractivity contribution in [3.05, 3.63) is 0 Å². The number of unbranched alkanes of at least 4 members (excludes halogenated alkanes) is 1. The third-order valence-corrected chi connectivity index (χ3v) is 3.80. The van der Waals surface area contributed by atoms with E-state index in [0.717, 1.165) is 32.1 Å². The first-order valence-corrected chi connectivity index (χ1v) is 7.78. The number of hydrogen-bond donors (Lipinski definition) is 0. The van der Waals surface area contributed by atoms with Crippen LogP contribution in [-0.4, -0.2) is 29.6 Å². The quantitative estimate of drug-likeness (QED) is 0.428. The van der Waals surface area contributed by atoms with Gasteiger partial charge in [0.05, 0.1) is 6.61 Å². The second-order valence-electron chi connectivity index (χ2n) is 5.63. The Hall–Kier alpha value is -2.03. The number of carbonyl (C=O) groups is 3. The molecule has 2 rings (SSSR count). The topological polar surface area (TPSA) is 72.9 Å². The molecular formula is C16H21NO5. The molecular weight excluding hydrogens is 286 g/mol. The summed E-state index contributed by atoms with van der Waals surface area (Å²) >= 11 is 0. The Morgan fingerprint density at radius 1 is 1.18 bits per heavy atom. The molecule has 6 nitrogen and oxygen atoms in total. The van der Waals surface area contributed by atoms with Crippen LogP contribution in [0.2, 0.25) is 0 Å². The van der Waals surface area contributed by atoms with Gasteiger partial charge in [0.25, 0.3) is 11.8 Å². The summed E-state index contributed by atoms with van der Waals surface area (Å²) in [5.74, 6) is 6.12. The first-order valence-electron chi connectivity index (χ1n) is 7.78. The number of nitrogens with zero attached hydrogens (tertiary/aromatic N) is 1. The van der Waals surface area contributed by atoms with Gasteiger partial charge in [-0.3, -0.25) is 14.4 Å². The van der Waals surface area contributed by atoms with Crippen molar-refractivity contribution in [1.82, 2.24) is 5.06 Å². The molecule has 1 heterocycles. The van der Waals surface area contributed by atoms with E-state index in [1.54, 1.807) is 0 Å². The summed E-state index contributed by atoms with van der Waals surface area (Å²) in [4.78, 5) is 38.6. The van der Waals surface area contributed by atoms with Crippen molar-refractivity contribution in [3.8, 4) is 11.8 Å². The van der Waals surface area contributed by atoms with Gasteiger partial charge in [-0.1, -0.05) is 12.0 Å². The molecule has 0 N–H and O–H groups in total. The molecule has 0 bridgehead atoms. The Kier molecular flexibility index (Phi) is 5.82. The molecule has 1 saturated heterocycles. The van der Waals surface area contributed by atoms with E-state index in [4.69, 9.17) is 4.74 Å². The minimum Gasteiger partial charge on any atom is -0.432 e. The van der Waals surface area contributed by atoms with Crippen molar-refractivity contribution in [2.45, 2.75) is 51.9 Å². The van der Waals surface area contributed by atoms with E-state index in [-0.39, 0.29) is 19.4 Å². The molecule has 0 radical (unpaired) electrons. The number of imide groups is 1. The Bertz CT molecular complexity index is 488. The van der Waals surface area contributed by atoms with Gasteiger partial charge in [0.1, 0.15) is 0 Å². The Labute approximate surface area is 130 Å². The van der Waals surface area contributed by atoms with Crippen LogP contribution < -0.4 is 0 Å². The molecule has 2 fully saturated rings. The molecule has 0 aromatic rings. The van der Waals surface area contributed by atoms with Crippen molar-refractivity contribution < 1.29 is 24.0 Å². The van der Waals surface area contributed by atoms with E-state index in [1.165, 1.54) is 0 Å². The van der Waals surface area contributed by atoms with Gasteiger partial charge in [0.2, 0.25) is 0 Å². The zero-order chi connectivity index (χ0) is 15.9. The maximum atomic E-state index is 11.4. The number of hydroxylamine groups is 2. The van der Waals surface area contributed by atoms with Crippen molar-refractivity contribution in [2.75, 3.05) is 6.61 Å². The molecule has 0 aromatic carbocycles. The van der Waals surface area contributed by atoms with Crippen molar-refractivity contribution in [2.24, 2.45) is 11.8 Å².